The van der Waals surface area contributed by atoms with Crippen molar-refractivity contribution in [2.45, 2.75) is 38.1 Å². The van der Waals surface area contributed by atoms with Crippen LogP contribution in [0.25, 0.3) is 0 Å². The minimum absolute atomic E-state index is 0.0451. The molecule has 0 aliphatic heterocycles. The lowest BCUT2D eigenvalue weighted by Crippen LogP contribution is -2.43. The Bertz CT molecular complexity index is 526. The van der Waals surface area contributed by atoms with Gasteiger partial charge in [-0.1, -0.05) is 42.8 Å². The summed E-state index contributed by atoms with van der Waals surface area (Å²) in [5.74, 6) is -0.560. The van der Waals surface area contributed by atoms with Gasteiger partial charge in [-0.3, -0.25) is 0 Å². The molecule has 1 atom stereocenters. The van der Waals surface area contributed by atoms with Gasteiger partial charge in [0.15, 0.2) is 0 Å². The van der Waals surface area contributed by atoms with E-state index in [1.54, 1.807) is 0 Å². The molecule has 0 spiro atoms. The van der Waals surface area contributed by atoms with Gasteiger partial charge in [0.25, 0.3) is 0 Å². The van der Waals surface area contributed by atoms with Crippen LogP contribution in [0.4, 0.5) is 4.39 Å². The third kappa shape index (κ3) is 4.85. The highest BCUT2D eigenvalue weighted by molar-refractivity contribution is 9.09. The molecule has 3 nitrogen and oxygen atoms in total. The predicted octanol–water partition coefficient (Wildman–Crippen LogP) is 3.30. The number of benzene rings is 1. The van der Waals surface area contributed by atoms with Gasteiger partial charge >= 0.3 is 0 Å². The molecule has 1 rings (SSSR count). The van der Waals surface area contributed by atoms with E-state index in [0.717, 1.165) is 6.07 Å². The summed E-state index contributed by atoms with van der Waals surface area (Å²) in [6, 6.07) is 4.80. The van der Waals surface area contributed by atoms with Gasteiger partial charge in [-0.15, -0.1) is 0 Å². The molecular formula is C13H19BrFNO2S. The van der Waals surface area contributed by atoms with Gasteiger partial charge in [0.1, 0.15) is 5.82 Å². The lowest BCUT2D eigenvalue weighted by molar-refractivity contribution is 0.293. The molecule has 0 bridgehead atoms. The Kier molecular flexibility index (Phi) is 5.53. The predicted molar refractivity (Wildman–Crippen MR) is 78.4 cm³/mol. The van der Waals surface area contributed by atoms with Gasteiger partial charge in [-0.25, -0.2) is 17.5 Å². The molecule has 0 saturated carbocycles. The van der Waals surface area contributed by atoms with Crippen molar-refractivity contribution in [1.29, 1.82) is 0 Å². The molecule has 1 aromatic carbocycles. The number of hydrogen-bond donors (Lipinski definition) is 1. The van der Waals surface area contributed by atoms with Crippen LogP contribution in [0.2, 0.25) is 0 Å². The van der Waals surface area contributed by atoms with Crippen LogP contribution in [-0.2, 0) is 10.0 Å². The maximum absolute atomic E-state index is 13.1. The fourth-order valence-corrected chi connectivity index (χ4v) is 3.63. The molecule has 0 saturated heterocycles. The van der Waals surface area contributed by atoms with E-state index >= 15 is 0 Å². The van der Waals surface area contributed by atoms with E-state index in [2.05, 4.69) is 20.7 Å². The highest BCUT2D eigenvalue weighted by atomic mass is 79.9. The third-order valence-corrected chi connectivity index (χ3v) is 4.77. The zero-order chi connectivity index (χ0) is 14.7. The zero-order valence-electron chi connectivity index (χ0n) is 11.3. The Morgan fingerprint density at radius 2 is 2.00 bits per heavy atom. The number of rotatable bonds is 5. The first-order chi connectivity index (χ1) is 8.66. The normalized spacial score (nSPS) is 14.4. The van der Waals surface area contributed by atoms with Gasteiger partial charge < -0.3 is 0 Å². The summed E-state index contributed by atoms with van der Waals surface area (Å²) in [4.78, 5) is -0.0451. The molecular weight excluding hydrogens is 333 g/mol. The summed E-state index contributed by atoms with van der Waals surface area (Å²) in [5, 5.41) is 0.695. The number of nitrogens with one attached hydrogen (secondary N) is 1. The van der Waals surface area contributed by atoms with E-state index in [9.17, 15) is 12.8 Å². The molecule has 6 heteroatoms. The average molecular weight is 352 g/mol. The molecule has 0 heterocycles. The second-order valence-corrected chi connectivity index (χ2v) is 7.98. The second kappa shape index (κ2) is 6.33. The van der Waals surface area contributed by atoms with E-state index in [-0.39, 0.29) is 16.4 Å². The van der Waals surface area contributed by atoms with Gasteiger partial charge in [-0.05, 0) is 30.0 Å². The Morgan fingerprint density at radius 3 is 2.47 bits per heavy atom. The van der Waals surface area contributed by atoms with Crippen LogP contribution in [0, 0.1) is 11.2 Å². The van der Waals surface area contributed by atoms with Crippen molar-refractivity contribution >= 4 is 26.0 Å². The third-order valence-electron chi connectivity index (χ3n) is 2.85. The van der Waals surface area contributed by atoms with Crippen LogP contribution in [0.3, 0.4) is 0 Å². The lowest BCUT2D eigenvalue weighted by atomic mass is 9.86. The molecule has 0 aromatic heterocycles. The molecule has 1 aromatic rings. The van der Waals surface area contributed by atoms with Crippen LogP contribution in [0.5, 0.6) is 0 Å². The van der Waals surface area contributed by atoms with Crippen molar-refractivity contribution in [2.24, 2.45) is 5.41 Å². The van der Waals surface area contributed by atoms with Crippen LogP contribution < -0.4 is 4.72 Å². The lowest BCUT2D eigenvalue weighted by Gasteiger charge is -2.30. The Hall–Kier alpha value is -0.460. The van der Waals surface area contributed by atoms with Crippen LogP contribution in [0.15, 0.2) is 29.2 Å². The summed E-state index contributed by atoms with van der Waals surface area (Å²) in [5.41, 5.74) is -0.214. The van der Waals surface area contributed by atoms with Gasteiger partial charge in [0, 0.05) is 11.4 Å². The van der Waals surface area contributed by atoms with Crippen LogP contribution in [0.1, 0.15) is 27.2 Å². The van der Waals surface area contributed by atoms with Crippen molar-refractivity contribution in [3.8, 4) is 0 Å². The first-order valence-electron chi connectivity index (χ1n) is 6.00. The standard InChI is InChI=1S/C13H19BrFNO2S/c1-13(2,3)12(7-8-14)16-19(17,18)11-6-4-5-10(15)9-11/h4-6,9,12,16H,7-8H2,1-3H3. The SMILES string of the molecule is CC(C)(C)C(CCBr)NS(=O)(=O)c1cccc(F)c1. The van der Waals surface area contributed by atoms with Gasteiger partial charge in [0.2, 0.25) is 10.0 Å². The summed E-state index contributed by atoms with van der Waals surface area (Å²) >= 11 is 3.32. The summed E-state index contributed by atoms with van der Waals surface area (Å²) < 4.78 is 40.2. The minimum atomic E-state index is -3.70. The monoisotopic (exact) mass is 351 g/mol. The maximum atomic E-state index is 13.1. The fourth-order valence-electron chi connectivity index (χ4n) is 1.67. The molecule has 0 fully saturated rings. The molecule has 0 aliphatic rings. The van der Waals surface area contributed by atoms with Crippen molar-refractivity contribution in [3.05, 3.63) is 30.1 Å². The van der Waals surface area contributed by atoms with E-state index in [4.69, 9.17) is 0 Å². The molecule has 108 valence electrons. The first kappa shape index (κ1) is 16.6. The zero-order valence-corrected chi connectivity index (χ0v) is 13.7. The molecule has 0 amide bonds. The maximum Gasteiger partial charge on any atom is 0.240 e. The Morgan fingerprint density at radius 1 is 1.37 bits per heavy atom. The van der Waals surface area contributed by atoms with Gasteiger partial charge in [0.05, 0.1) is 4.90 Å². The van der Waals surface area contributed by atoms with E-state index in [0.29, 0.717) is 11.8 Å². The van der Waals surface area contributed by atoms with Crippen molar-refractivity contribution < 1.29 is 12.8 Å². The Balaban J connectivity index is 3.01. The van der Waals surface area contributed by atoms with Crippen molar-refractivity contribution in [3.63, 3.8) is 0 Å². The summed E-state index contributed by atoms with van der Waals surface area (Å²) in [6.45, 7) is 5.90. The van der Waals surface area contributed by atoms with E-state index in [1.807, 2.05) is 20.8 Å². The summed E-state index contributed by atoms with van der Waals surface area (Å²) in [7, 11) is -3.70. The summed E-state index contributed by atoms with van der Waals surface area (Å²) in [6.07, 6.45) is 0.665. The first-order valence-corrected chi connectivity index (χ1v) is 8.61. The number of alkyl halides is 1. The van der Waals surface area contributed by atoms with Gasteiger partial charge in [-0.2, -0.15) is 0 Å². The van der Waals surface area contributed by atoms with E-state index < -0.39 is 15.8 Å². The van der Waals surface area contributed by atoms with Crippen LogP contribution >= 0.6 is 15.9 Å². The highest BCUT2D eigenvalue weighted by Gasteiger charge is 2.29. The van der Waals surface area contributed by atoms with Crippen molar-refractivity contribution in [1.82, 2.24) is 4.72 Å². The second-order valence-electron chi connectivity index (χ2n) is 5.47. The largest absolute Gasteiger partial charge is 0.240 e. The molecule has 1 unspecified atom stereocenters. The van der Waals surface area contributed by atoms with Crippen molar-refractivity contribution in [2.75, 3.05) is 5.33 Å². The minimum Gasteiger partial charge on any atom is -0.208 e. The number of halogens is 2. The smallest absolute Gasteiger partial charge is 0.208 e. The fraction of sp³-hybridized carbons (Fsp3) is 0.538. The average Bonchev–Trinajstić information content (AvgIpc) is 2.27. The topological polar surface area (TPSA) is 46.2 Å². The van der Waals surface area contributed by atoms with Crippen LogP contribution in [-0.4, -0.2) is 19.8 Å². The molecule has 1 N–H and O–H groups in total. The highest BCUT2D eigenvalue weighted by Crippen LogP contribution is 2.24. The molecule has 0 aliphatic carbocycles. The quantitative estimate of drug-likeness (QED) is 0.827. The molecule has 19 heavy (non-hydrogen) atoms. The number of hydrogen-bond acceptors (Lipinski definition) is 2. The molecule has 0 radical (unpaired) electrons. The van der Waals surface area contributed by atoms with E-state index in [1.165, 1.54) is 18.2 Å². The number of sulfonamides is 1. The Labute approximate surface area is 122 Å².